The van der Waals surface area contributed by atoms with Crippen molar-refractivity contribution in [1.29, 1.82) is 0 Å². The Morgan fingerprint density at radius 2 is 2.06 bits per heavy atom. The molecule has 2 aliphatic heterocycles. The van der Waals surface area contributed by atoms with Crippen molar-refractivity contribution in [2.75, 3.05) is 56.3 Å². The molecule has 1 atom stereocenters. The predicted octanol–water partition coefficient (Wildman–Crippen LogP) is 1.83. The summed E-state index contributed by atoms with van der Waals surface area (Å²) in [6.07, 6.45) is 3.59. The molecule has 3 heterocycles. The van der Waals surface area contributed by atoms with E-state index < -0.39 is 11.8 Å². The van der Waals surface area contributed by atoms with Crippen molar-refractivity contribution >= 4 is 52.5 Å². The quantitative estimate of drug-likeness (QED) is 0.531. The zero-order valence-electron chi connectivity index (χ0n) is 19.1. The van der Waals surface area contributed by atoms with Gasteiger partial charge in [0.1, 0.15) is 10.8 Å². The van der Waals surface area contributed by atoms with Gasteiger partial charge in [0.05, 0.1) is 30.1 Å². The van der Waals surface area contributed by atoms with Crippen molar-refractivity contribution in [2.45, 2.75) is 28.8 Å². The number of piperidine rings is 1. The Kier molecular flexibility index (Phi) is 7.17. The van der Waals surface area contributed by atoms with Crippen LogP contribution in [0.2, 0.25) is 5.02 Å². The average molecular weight is 506 g/mol. The van der Waals surface area contributed by atoms with Gasteiger partial charge in [0, 0.05) is 43.5 Å². The first-order valence-corrected chi connectivity index (χ1v) is 12.1. The number of hydrogen-bond donors (Lipinski definition) is 3. The average Bonchev–Trinajstić information content (AvgIpc) is 3.16. The van der Waals surface area contributed by atoms with E-state index in [9.17, 15) is 9.59 Å². The summed E-state index contributed by atoms with van der Waals surface area (Å²) < 4.78 is 5.60. The molecule has 2 amide bonds. The lowest BCUT2D eigenvalue weighted by atomic mass is 9.75. The first-order chi connectivity index (χ1) is 16.2. The second kappa shape index (κ2) is 9.95. The van der Waals surface area contributed by atoms with E-state index in [0.717, 1.165) is 38.4 Å². The monoisotopic (exact) mass is 505 g/mol. The van der Waals surface area contributed by atoms with Crippen LogP contribution < -0.4 is 21.7 Å². The van der Waals surface area contributed by atoms with Crippen LogP contribution in [0, 0.1) is 5.41 Å². The number of ether oxygens (including phenoxy) is 1. The van der Waals surface area contributed by atoms with Crippen molar-refractivity contribution in [3.8, 4) is 0 Å². The molecule has 1 unspecified atom stereocenters. The number of anilines is 3. The summed E-state index contributed by atoms with van der Waals surface area (Å²) in [7, 11) is 3.00. The molecule has 10 nitrogen and oxygen atoms in total. The second-order valence-corrected chi connectivity index (χ2v) is 10.2. The molecule has 4 rings (SSSR count). The number of nitrogens with one attached hydrogen (secondary N) is 1. The number of nitrogens with zero attached hydrogens (tertiary/aromatic N) is 4. The smallest absolute Gasteiger partial charge is 0.313 e. The maximum Gasteiger partial charge on any atom is 0.313 e. The summed E-state index contributed by atoms with van der Waals surface area (Å²) in [5, 5.41) is 3.33. The minimum absolute atomic E-state index is 0.0552. The first-order valence-electron chi connectivity index (χ1n) is 10.9. The van der Waals surface area contributed by atoms with Crippen LogP contribution in [0.5, 0.6) is 0 Å². The van der Waals surface area contributed by atoms with Crippen LogP contribution in [0.15, 0.2) is 34.3 Å². The third kappa shape index (κ3) is 4.92. The van der Waals surface area contributed by atoms with Crippen LogP contribution in [-0.2, 0) is 14.3 Å². The van der Waals surface area contributed by atoms with Gasteiger partial charge in [-0.2, -0.15) is 0 Å². The number of carbonyl (C=O) groups is 2. The fourth-order valence-corrected chi connectivity index (χ4v) is 5.25. The van der Waals surface area contributed by atoms with Crippen molar-refractivity contribution in [2.24, 2.45) is 11.1 Å². The number of amides is 2. The number of nitrogens with two attached hydrogens (primary N) is 2. The summed E-state index contributed by atoms with van der Waals surface area (Å²) >= 11 is 7.72. The van der Waals surface area contributed by atoms with E-state index in [4.69, 9.17) is 27.8 Å². The summed E-state index contributed by atoms with van der Waals surface area (Å²) in [6, 6.07) is 5.21. The Morgan fingerprint density at radius 3 is 2.68 bits per heavy atom. The highest BCUT2D eigenvalue weighted by Gasteiger charge is 2.44. The third-order valence-electron chi connectivity index (χ3n) is 6.33. The van der Waals surface area contributed by atoms with Gasteiger partial charge in [0.15, 0.2) is 5.82 Å². The molecule has 2 aromatic rings. The zero-order valence-corrected chi connectivity index (χ0v) is 20.7. The van der Waals surface area contributed by atoms with Gasteiger partial charge >= 0.3 is 11.8 Å². The molecule has 1 aromatic carbocycles. The Morgan fingerprint density at radius 1 is 1.32 bits per heavy atom. The van der Waals surface area contributed by atoms with E-state index in [1.165, 1.54) is 30.8 Å². The van der Waals surface area contributed by atoms with E-state index in [0.29, 0.717) is 22.2 Å². The second-order valence-electron chi connectivity index (χ2n) is 8.76. The fourth-order valence-electron chi connectivity index (χ4n) is 4.15. The van der Waals surface area contributed by atoms with E-state index in [1.807, 2.05) is 0 Å². The predicted molar refractivity (Wildman–Crippen MR) is 132 cm³/mol. The van der Waals surface area contributed by atoms with Crippen LogP contribution in [-0.4, -0.2) is 73.1 Å². The number of hydrogen-bond acceptors (Lipinski definition) is 9. The molecule has 2 aliphatic rings. The summed E-state index contributed by atoms with van der Waals surface area (Å²) in [4.78, 5) is 37.0. The van der Waals surface area contributed by atoms with E-state index >= 15 is 0 Å². The molecule has 0 saturated carbocycles. The molecule has 182 valence electrons. The van der Waals surface area contributed by atoms with E-state index in [-0.39, 0.29) is 22.3 Å². The maximum absolute atomic E-state index is 12.1. The molecule has 12 heteroatoms. The standard InChI is InChI=1S/C22H28ClN7O3S/c1-29(2)21(32)19(31)27-13-4-3-5-14(17(13)23)34-20-18(25)28-16(10-26-20)30-8-6-22(7-9-30)12-33-11-15(22)24/h3-5,10,15H,6-9,11-12,24H2,1-2H3,(H2,25,28)(H,27,31). The lowest BCUT2D eigenvalue weighted by molar-refractivity contribution is -0.141. The fraction of sp³-hybridized carbons (Fsp3) is 0.455. The van der Waals surface area contributed by atoms with Gasteiger partial charge in [-0.3, -0.25) is 9.59 Å². The molecule has 0 bridgehead atoms. The van der Waals surface area contributed by atoms with E-state index in [1.54, 1.807) is 24.4 Å². The molecule has 1 aromatic heterocycles. The molecular formula is C22H28ClN7O3S. The lowest BCUT2D eigenvalue weighted by Crippen LogP contribution is -2.49. The largest absolute Gasteiger partial charge is 0.381 e. The number of rotatable bonds is 4. The molecule has 2 saturated heterocycles. The van der Waals surface area contributed by atoms with Gasteiger partial charge in [-0.15, -0.1) is 0 Å². The van der Waals surface area contributed by atoms with Gasteiger partial charge < -0.3 is 31.3 Å². The number of nitrogen functional groups attached to an aromatic ring is 1. The Bertz CT molecular complexity index is 1090. The Labute approximate surface area is 207 Å². The highest BCUT2D eigenvalue weighted by molar-refractivity contribution is 7.99. The maximum atomic E-state index is 12.1. The number of benzene rings is 1. The van der Waals surface area contributed by atoms with Crippen molar-refractivity contribution < 1.29 is 14.3 Å². The van der Waals surface area contributed by atoms with Gasteiger partial charge in [0.2, 0.25) is 0 Å². The van der Waals surface area contributed by atoms with Crippen LogP contribution in [0.1, 0.15) is 12.8 Å². The normalized spacial score (nSPS) is 19.3. The van der Waals surface area contributed by atoms with Gasteiger partial charge in [0.25, 0.3) is 0 Å². The Hall–Kier alpha value is -2.60. The molecule has 0 radical (unpaired) electrons. The zero-order chi connectivity index (χ0) is 24.5. The Balaban J connectivity index is 1.44. The van der Waals surface area contributed by atoms with Crippen molar-refractivity contribution in [1.82, 2.24) is 14.9 Å². The summed E-state index contributed by atoms with van der Waals surface area (Å²) in [6.45, 7) is 2.97. The highest BCUT2D eigenvalue weighted by Crippen LogP contribution is 2.41. The summed E-state index contributed by atoms with van der Waals surface area (Å²) in [5.41, 5.74) is 12.9. The minimum Gasteiger partial charge on any atom is -0.381 e. The number of aromatic nitrogens is 2. The third-order valence-corrected chi connectivity index (χ3v) is 7.91. The molecule has 34 heavy (non-hydrogen) atoms. The molecule has 0 aliphatic carbocycles. The topological polar surface area (TPSA) is 140 Å². The minimum atomic E-state index is -0.772. The van der Waals surface area contributed by atoms with Crippen molar-refractivity contribution in [3.63, 3.8) is 0 Å². The summed E-state index contributed by atoms with van der Waals surface area (Å²) in [5.74, 6) is -0.437. The molecular weight excluding hydrogens is 478 g/mol. The van der Waals surface area contributed by atoms with Crippen LogP contribution in [0.4, 0.5) is 17.3 Å². The van der Waals surface area contributed by atoms with Gasteiger partial charge in [-0.25, -0.2) is 9.97 Å². The highest BCUT2D eigenvalue weighted by atomic mass is 35.5. The van der Waals surface area contributed by atoms with Crippen LogP contribution >= 0.6 is 23.4 Å². The molecule has 5 N–H and O–H groups in total. The van der Waals surface area contributed by atoms with Crippen LogP contribution in [0.25, 0.3) is 0 Å². The van der Waals surface area contributed by atoms with Crippen LogP contribution in [0.3, 0.4) is 0 Å². The number of halogens is 1. The lowest BCUT2D eigenvalue weighted by Gasteiger charge is -2.41. The number of carbonyl (C=O) groups excluding carboxylic acids is 2. The van der Waals surface area contributed by atoms with Gasteiger partial charge in [-0.05, 0) is 25.0 Å². The van der Waals surface area contributed by atoms with Gasteiger partial charge in [-0.1, -0.05) is 29.4 Å². The van der Waals surface area contributed by atoms with E-state index in [2.05, 4.69) is 20.2 Å². The first kappa shape index (κ1) is 24.5. The molecule has 1 spiro atoms. The SMILES string of the molecule is CN(C)C(=O)C(=O)Nc1cccc(Sc2ncc(N3CCC4(CC3)COCC4N)nc2N)c1Cl. The molecule has 2 fully saturated rings. The van der Waals surface area contributed by atoms with Crippen molar-refractivity contribution in [3.05, 3.63) is 29.4 Å². The number of likely N-dealkylation sites (N-methyl/N-ethyl adjacent to an activating group) is 1.